The number of hydrogen-bond acceptors (Lipinski definition) is 3. The van der Waals surface area contributed by atoms with Crippen LogP contribution in [-0.4, -0.2) is 10.9 Å². The molecular formula is C19H12O3. The lowest BCUT2D eigenvalue weighted by molar-refractivity contribution is 0.103. The molecule has 0 radical (unpaired) electrons. The van der Waals surface area contributed by atoms with Crippen molar-refractivity contribution >= 4 is 27.5 Å². The van der Waals surface area contributed by atoms with E-state index in [2.05, 4.69) is 0 Å². The van der Waals surface area contributed by atoms with E-state index in [-0.39, 0.29) is 11.5 Å². The average Bonchev–Trinajstić information content (AvgIpc) is 2.96. The van der Waals surface area contributed by atoms with Crippen molar-refractivity contribution in [1.29, 1.82) is 0 Å². The monoisotopic (exact) mass is 288 g/mol. The van der Waals surface area contributed by atoms with Crippen LogP contribution in [0.5, 0.6) is 5.75 Å². The van der Waals surface area contributed by atoms with Gasteiger partial charge in [0.1, 0.15) is 17.6 Å². The summed E-state index contributed by atoms with van der Waals surface area (Å²) in [5.41, 5.74) is 1.63. The van der Waals surface area contributed by atoms with Gasteiger partial charge < -0.3 is 9.52 Å². The van der Waals surface area contributed by atoms with E-state index < -0.39 is 0 Å². The van der Waals surface area contributed by atoms with E-state index in [0.29, 0.717) is 22.1 Å². The molecule has 1 aromatic heterocycles. The second-order valence-corrected chi connectivity index (χ2v) is 5.22. The van der Waals surface area contributed by atoms with Crippen molar-refractivity contribution in [1.82, 2.24) is 0 Å². The van der Waals surface area contributed by atoms with Crippen LogP contribution in [0.1, 0.15) is 15.9 Å². The summed E-state index contributed by atoms with van der Waals surface area (Å²) in [5.74, 6) is 0.0294. The van der Waals surface area contributed by atoms with Crippen LogP contribution in [0.25, 0.3) is 21.7 Å². The van der Waals surface area contributed by atoms with E-state index in [1.807, 2.05) is 42.5 Å². The SMILES string of the molecule is O=C(c1ccc2ccccc2c1)c1coc2cc(O)ccc12. The molecule has 0 aliphatic carbocycles. The molecule has 0 fully saturated rings. The zero-order chi connectivity index (χ0) is 15.1. The Morgan fingerprint density at radius 1 is 0.909 bits per heavy atom. The van der Waals surface area contributed by atoms with Crippen LogP contribution in [0.3, 0.4) is 0 Å². The van der Waals surface area contributed by atoms with Crippen LogP contribution < -0.4 is 0 Å². The van der Waals surface area contributed by atoms with Crippen LogP contribution in [0, 0.1) is 0 Å². The molecule has 0 aliphatic rings. The summed E-state index contributed by atoms with van der Waals surface area (Å²) in [6.45, 7) is 0. The molecule has 0 spiro atoms. The number of carbonyl (C=O) groups excluding carboxylic acids is 1. The summed E-state index contributed by atoms with van der Waals surface area (Å²) in [7, 11) is 0. The van der Waals surface area contributed by atoms with Crippen molar-refractivity contribution in [3.05, 3.63) is 78.1 Å². The van der Waals surface area contributed by atoms with Crippen molar-refractivity contribution < 1.29 is 14.3 Å². The molecule has 0 atom stereocenters. The van der Waals surface area contributed by atoms with Gasteiger partial charge >= 0.3 is 0 Å². The molecule has 0 saturated heterocycles. The summed E-state index contributed by atoms with van der Waals surface area (Å²) in [6, 6.07) is 18.3. The number of ketones is 1. The van der Waals surface area contributed by atoms with Gasteiger partial charge in [0.15, 0.2) is 5.78 Å². The van der Waals surface area contributed by atoms with Crippen LogP contribution in [-0.2, 0) is 0 Å². The largest absolute Gasteiger partial charge is 0.508 e. The Hall–Kier alpha value is -3.07. The smallest absolute Gasteiger partial charge is 0.196 e. The molecule has 22 heavy (non-hydrogen) atoms. The summed E-state index contributed by atoms with van der Waals surface area (Å²) >= 11 is 0. The highest BCUT2D eigenvalue weighted by Gasteiger charge is 2.16. The second kappa shape index (κ2) is 4.74. The average molecular weight is 288 g/mol. The predicted molar refractivity (Wildman–Crippen MR) is 85.3 cm³/mol. The van der Waals surface area contributed by atoms with E-state index in [1.165, 1.54) is 12.3 Å². The number of phenolic OH excluding ortho intramolecular Hbond substituents is 1. The normalized spacial score (nSPS) is 11.1. The van der Waals surface area contributed by atoms with Gasteiger partial charge in [-0.3, -0.25) is 4.79 Å². The van der Waals surface area contributed by atoms with Gasteiger partial charge in [0.05, 0.1) is 5.56 Å². The number of phenols is 1. The number of rotatable bonds is 2. The Bertz CT molecular complexity index is 1010. The number of fused-ring (bicyclic) bond motifs is 2. The highest BCUT2D eigenvalue weighted by Crippen LogP contribution is 2.27. The molecule has 3 aromatic carbocycles. The third-order valence-electron chi connectivity index (χ3n) is 3.82. The summed E-state index contributed by atoms with van der Waals surface area (Å²) < 4.78 is 5.38. The van der Waals surface area contributed by atoms with Gasteiger partial charge in [-0.15, -0.1) is 0 Å². The lowest BCUT2D eigenvalue weighted by atomic mass is 9.99. The third kappa shape index (κ3) is 1.95. The number of furan rings is 1. The molecule has 3 heteroatoms. The minimum atomic E-state index is -0.0878. The molecule has 4 rings (SSSR count). The number of aromatic hydroxyl groups is 1. The summed E-state index contributed by atoms with van der Waals surface area (Å²) in [4.78, 5) is 12.7. The van der Waals surface area contributed by atoms with E-state index in [9.17, 15) is 9.90 Å². The number of benzene rings is 3. The molecule has 0 amide bonds. The first-order valence-corrected chi connectivity index (χ1v) is 6.96. The molecule has 3 nitrogen and oxygen atoms in total. The van der Waals surface area contributed by atoms with Crippen molar-refractivity contribution in [2.24, 2.45) is 0 Å². The fraction of sp³-hybridized carbons (Fsp3) is 0. The minimum absolute atomic E-state index is 0.0878. The third-order valence-corrected chi connectivity index (χ3v) is 3.82. The van der Waals surface area contributed by atoms with Gasteiger partial charge in [0, 0.05) is 17.0 Å². The fourth-order valence-corrected chi connectivity index (χ4v) is 2.68. The topological polar surface area (TPSA) is 50.4 Å². The first-order valence-electron chi connectivity index (χ1n) is 6.96. The second-order valence-electron chi connectivity index (χ2n) is 5.22. The zero-order valence-electron chi connectivity index (χ0n) is 11.6. The molecule has 0 unspecified atom stereocenters. The highest BCUT2D eigenvalue weighted by molar-refractivity contribution is 6.16. The Balaban J connectivity index is 1.84. The van der Waals surface area contributed by atoms with Crippen LogP contribution >= 0.6 is 0 Å². The first-order chi connectivity index (χ1) is 10.7. The van der Waals surface area contributed by atoms with Crippen molar-refractivity contribution in [2.45, 2.75) is 0 Å². The molecule has 0 bridgehead atoms. The summed E-state index contributed by atoms with van der Waals surface area (Å²) in [6.07, 6.45) is 1.45. The van der Waals surface area contributed by atoms with Crippen molar-refractivity contribution in [3.8, 4) is 5.75 Å². The fourth-order valence-electron chi connectivity index (χ4n) is 2.68. The molecule has 106 valence electrons. The Morgan fingerprint density at radius 3 is 2.59 bits per heavy atom. The van der Waals surface area contributed by atoms with E-state index in [1.54, 1.807) is 12.1 Å². The lowest BCUT2D eigenvalue weighted by Crippen LogP contribution is -2.00. The first kappa shape index (κ1) is 12.7. The maximum Gasteiger partial charge on any atom is 0.196 e. The minimum Gasteiger partial charge on any atom is -0.508 e. The van der Waals surface area contributed by atoms with Gasteiger partial charge in [0.2, 0.25) is 0 Å². The molecule has 0 aliphatic heterocycles. The van der Waals surface area contributed by atoms with Crippen LogP contribution in [0.15, 0.2) is 71.3 Å². The molecular weight excluding hydrogens is 276 g/mol. The molecule has 1 heterocycles. The van der Waals surface area contributed by atoms with Crippen LogP contribution in [0.2, 0.25) is 0 Å². The van der Waals surface area contributed by atoms with E-state index >= 15 is 0 Å². The van der Waals surface area contributed by atoms with Gasteiger partial charge in [-0.2, -0.15) is 0 Å². The van der Waals surface area contributed by atoms with Gasteiger partial charge in [0.25, 0.3) is 0 Å². The Kier molecular flexibility index (Phi) is 2.73. The maximum atomic E-state index is 12.7. The lowest BCUT2D eigenvalue weighted by Gasteiger charge is -2.02. The quantitative estimate of drug-likeness (QED) is 0.552. The molecule has 4 aromatic rings. The highest BCUT2D eigenvalue weighted by atomic mass is 16.3. The standard InChI is InChI=1S/C19H12O3/c20-15-7-8-16-17(11-22-18(16)10-15)19(21)14-6-5-12-3-1-2-4-13(12)9-14/h1-11,20H. The van der Waals surface area contributed by atoms with Gasteiger partial charge in [-0.1, -0.05) is 36.4 Å². The van der Waals surface area contributed by atoms with E-state index in [0.717, 1.165) is 10.8 Å². The predicted octanol–water partition coefficient (Wildman–Crippen LogP) is 4.52. The van der Waals surface area contributed by atoms with Crippen LogP contribution in [0.4, 0.5) is 0 Å². The van der Waals surface area contributed by atoms with E-state index in [4.69, 9.17) is 4.42 Å². The molecule has 1 N–H and O–H groups in total. The molecule has 0 saturated carbocycles. The number of hydrogen-bond donors (Lipinski definition) is 1. The van der Waals surface area contributed by atoms with Crippen molar-refractivity contribution in [3.63, 3.8) is 0 Å². The van der Waals surface area contributed by atoms with Gasteiger partial charge in [-0.05, 0) is 29.0 Å². The van der Waals surface area contributed by atoms with Crippen molar-refractivity contribution in [2.75, 3.05) is 0 Å². The Morgan fingerprint density at radius 2 is 1.73 bits per heavy atom. The summed E-state index contributed by atoms with van der Waals surface area (Å²) in [5, 5.41) is 12.3. The maximum absolute atomic E-state index is 12.7. The zero-order valence-corrected chi connectivity index (χ0v) is 11.6. The Labute approximate surface area is 126 Å². The number of carbonyl (C=O) groups is 1. The van der Waals surface area contributed by atoms with Gasteiger partial charge in [-0.25, -0.2) is 0 Å².